The third-order valence-electron chi connectivity index (χ3n) is 2.98. The number of alkyl halides is 4. The molecule has 0 radical (unpaired) electrons. The molecule has 1 aliphatic heterocycles. The number of rotatable bonds is 0. The van der Waals surface area contributed by atoms with Crippen LogP contribution in [0.4, 0.5) is 18.9 Å². The predicted octanol–water partition coefficient (Wildman–Crippen LogP) is 6.74. The Hall–Kier alpha value is -1.62. The molecule has 6 heteroatoms. The van der Waals surface area contributed by atoms with Gasteiger partial charge in [-0.2, -0.15) is 13.2 Å². The molecule has 3 rings (SSSR count). The molecule has 2 aromatic rings. The molecule has 0 amide bonds. The first kappa shape index (κ1) is 23.4. The Morgan fingerprint density at radius 1 is 1.12 bits per heavy atom. The molecule has 0 aliphatic carbocycles. The Bertz CT molecular complexity index is 630. The number of phenols is 1. The highest BCUT2D eigenvalue weighted by molar-refractivity contribution is 6.18. The zero-order chi connectivity index (χ0) is 19.5. The van der Waals surface area contributed by atoms with Crippen molar-refractivity contribution in [3.8, 4) is 5.75 Å². The van der Waals surface area contributed by atoms with Gasteiger partial charge in [-0.05, 0) is 17.4 Å². The number of hydrogen-bond acceptors (Lipinski definition) is 2. The highest BCUT2D eigenvalue weighted by Crippen LogP contribution is 2.36. The van der Waals surface area contributed by atoms with E-state index in [0.717, 1.165) is 24.0 Å². The molecule has 2 N–H and O–H groups in total. The summed E-state index contributed by atoms with van der Waals surface area (Å²) in [7, 11) is 0. The van der Waals surface area contributed by atoms with Crippen molar-refractivity contribution < 1.29 is 18.3 Å². The zero-order valence-corrected chi connectivity index (χ0v) is 15.9. The molecule has 0 atom stereocenters. The van der Waals surface area contributed by atoms with Gasteiger partial charge in [0.05, 0.1) is 0 Å². The van der Waals surface area contributed by atoms with Gasteiger partial charge in [0.25, 0.3) is 0 Å². The fourth-order valence-corrected chi connectivity index (χ4v) is 2.17. The molecule has 0 saturated carbocycles. The van der Waals surface area contributed by atoms with E-state index in [1.54, 1.807) is 0 Å². The Balaban J connectivity index is 0.000000445. The zero-order valence-electron chi connectivity index (χ0n) is 15.2. The minimum Gasteiger partial charge on any atom is -0.507 e. The van der Waals surface area contributed by atoms with E-state index in [9.17, 15) is 18.3 Å². The fourth-order valence-electron chi connectivity index (χ4n) is 2.17. The second-order valence-corrected chi connectivity index (χ2v) is 5.37. The van der Waals surface area contributed by atoms with Gasteiger partial charge in [-0.25, -0.2) is 0 Å². The number of aromatic hydroxyl groups is 1. The first-order chi connectivity index (χ1) is 11.8. The Labute approximate surface area is 153 Å². The lowest BCUT2D eigenvalue weighted by atomic mass is 10.0. The molecule has 0 unspecified atom stereocenters. The first-order valence-electron chi connectivity index (χ1n) is 8.44. The van der Waals surface area contributed by atoms with Crippen LogP contribution in [0, 0.1) is 0 Å². The molecule has 2 aromatic carbocycles. The van der Waals surface area contributed by atoms with Crippen LogP contribution in [0.5, 0.6) is 5.75 Å². The third kappa shape index (κ3) is 7.86. The number of anilines is 1. The van der Waals surface area contributed by atoms with Gasteiger partial charge in [0, 0.05) is 23.7 Å². The van der Waals surface area contributed by atoms with Gasteiger partial charge in [-0.1, -0.05) is 58.4 Å². The lowest BCUT2D eigenvalue weighted by molar-refractivity contribution is -0.106. The maximum absolute atomic E-state index is 10.7. The van der Waals surface area contributed by atoms with Gasteiger partial charge in [0.15, 0.2) is 0 Å². The number of benzene rings is 2. The predicted molar refractivity (Wildman–Crippen MR) is 102 cm³/mol. The van der Waals surface area contributed by atoms with E-state index in [-0.39, 0.29) is 0 Å². The molecule has 142 valence electrons. The van der Waals surface area contributed by atoms with Crippen molar-refractivity contribution in [3.63, 3.8) is 0 Å². The number of nitrogens with one attached hydrogen (secondary N) is 1. The summed E-state index contributed by atoms with van der Waals surface area (Å²) in [6, 6.07) is 9.83. The summed E-state index contributed by atoms with van der Waals surface area (Å²) in [5.41, 5.74) is 2.42. The lowest BCUT2D eigenvalue weighted by Crippen LogP contribution is -2.07. The summed E-state index contributed by atoms with van der Waals surface area (Å²) < 4.78 is 32.0. The summed E-state index contributed by atoms with van der Waals surface area (Å²) >= 11 is 4.35. The maximum atomic E-state index is 10.7. The van der Waals surface area contributed by atoms with Crippen molar-refractivity contribution in [2.24, 2.45) is 0 Å². The summed E-state index contributed by atoms with van der Waals surface area (Å²) in [5, 5.41) is 15.2. The highest BCUT2D eigenvalue weighted by Gasteiger charge is 2.24. The average Bonchev–Trinajstić information content (AvgIpc) is 3.06. The van der Waals surface area contributed by atoms with Crippen LogP contribution in [-0.4, -0.2) is 23.7 Å². The Kier molecular flexibility index (Phi) is 11.1. The maximum Gasteiger partial charge on any atom is 0.402 e. The van der Waals surface area contributed by atoms with Crippen molar-refractivity contribution in [2.45, 2.75) is 46.7 Å². The molecule has 25 heavy (non-hydrogen) atoms. The Morgan fingerprint density at radius 2 is 1.60 bits per heavy atom. The van der Waals surface area contributed by atoms with Crippen LogP contribution in [0.15, 0.2) is 30.3 Å². The number of halogens is 4. The van der Waals surface area contributed by atoms with Crippen LogP contribution >= 0.6 is 11.6 Å². The average molecular weight is 378 g/mol. The van der Waals surface area contributed by atoms with Gasteiger partial charge in [0.2, 0.25) is 0 Å². The van der Waals surface area contributed by atoms with Crippen molar-refractivity contribution in [1.82, 2.24) is 0 Å². The van der Waals surface area contributed by atoms with Crippen molar-refractivity contribution in [3.05, 3.63) is 35.9 Å². The van der Waals surface area contributed by atoms with E-state index in [4.69, 9.17) is 0 Å². The van der Waals surface area contributed by atoms with Crippen LogP contribution < -0.4 is 5.32 Å². The van der Waals surface area contributed by atoms with Gasteiger partial charge in [-0.3, -0.25) is 0 Å². The van der Waals surface area contributed by atoms with E-state index in [2.05, 4.69) is 36.8 Å². The Morgan fingerprint density at radius 3 is 2.08 bits per heavy atom. The van der Waals surface area contributed by atoms with Crippen LogP contribution in [0.1, 0.15) is 39.7 Å². The standard InChI is InChI=1S/C12H11NO.C3H8.C2H2ClF3.C2H6/c14-12-7-11-9(5-6-13-11)8-3-1-2-4-10(8)12;1-3-2;3-1-2(4,5)6;1-2/h1-4,7,13-14H,5-6H2;3H2,1-2H3;1H2;1-2H3. The van der Waals surface area contributed by atoms with Crippen molar-refractivity contribution in [2.75, 3.05) is 17.7 Å². The van der Waals surface area contributed by atoms with Crippen LogP contribution in [-0.2, 0) is 6.42 Å². The molecule has 2 nitrogen and oxygen atoms in total. The second-order valence-electron chi connectivity index (χ2n) is 5.10. The largest absolute Gasteiger partial charge is 0.507 e. The van der Waals surface area contributed by atoms with E-state index in [1.807, 2.05) is 38.1 Å². The summed E-state index contributed by atoms with van der Waals surface area (Å²) in [5.74, 6) is -0.888. The smallest absolute Gasteiger partial charge is 0.402 e. The summed E-state index contributed by atoms with van der Waals surface area (Å²) in [4.78, 5) is 0. The van der Waals surface area contributed by atoms with Crippen LogP contribution in [0.25, 0.3) is 10.8 Å². The van der Waals surface area contributed by atoms with E-state index in [0.29, 0.717) is 5.75 Å². The summed E-state index contributed by atoms with van der Waals surface area (Å²) in [6.07, 6.45) is -1.89. The number of phenolic OH excluding ortho intramolecular Hbond substituents is 1. The quantitative estimate of drug-likeness (QED) is 0.498. The molecule has 1 heterocycles. The highest BCUT2D eigenvalue weighted by atomic mass is 35.5. The number of hydrogen-bond donors (Lipinski definition) is 2. The number of fused-ring (bicyclic) bond motifs is 3. The third-order valence-corrected chi connectivity index (χ3v) is 3.28. The van der Waals surface area contributed by atoms with Crippen molar-refractivity contribution in [1.29, 1.82) is 0 Å². The minimum atomic E-state index is -4.19. The van der Waals surface area contributed by atoms with E-state index < -0.39 is 12.1 Å². The topological polar surface area (TPSA) is 32.3 Å². The van der Waals surface area contributed by atoms with Gasteiger partial charge in [-0.15, -0.1) is 11.6 Å². The molecule has 1 aliphatic rings. The minimum absolute atomic E-state index is 0.369. The van der Waals surface area contributed by atoms with Crippen LogP contribution in [0.3, 0.4) is 0 Å². The first-order valence-corrected chi connectivity index (χ1v) is 8.97. The van der Waals surface area contributed by atoms with E-state index in [1.165, 1.54) is 17.4 Å². The molecular formula is C19H27ClF3NO. The molecule has 0 bridgehead atoms. The molecular weight excluding hydrogens is 351 g/mol. The normalized spacial score (nSPS) is 11.7. The SMILES string of the molecule is CC.CCC.FC(F)(F)CCl.Oc1cc2c(c3ccccc13)CCN2. The lowest BCUT2D eigenvalue weighted by Gasteiger charge is -2.06. The van der Waals surface area contributed by atoms with Crippen molar-refractivity contribution >= 4 is 28.1 Å². The van der Waals surface area contributed by atoms with Crippen LogP contribution in [0.2, 0.25) is 0 Å². The second kappa shape index (κ2) is 11.9. The van der Waals surface area contributed by atoms with E-state index >= 15 is 0 Å². The monoisotopic (exact) mass is 377 g/mol. The molecule has 0 fully saturated rings. The van der Waals surface area contributed by atoms with Gasteiger partial charge >= 0.3 is 6.18 Å². The van der Waals surface area contributed by atoms with Gasteiger partial charge in [0.1, 0.15) is 11.6 Å². The van der Waals surface area contributed by atoms with Gasteiger partial charge < -0.3 is 10.4 Å². The molecule has 0 aromatic heterocycles. The molecule has 0 spiro atoms. The summed E-state index contributed by atoms with van der Waals surface area (Å²) in [6.45, 7) is 9.22. The molecule has 0 saturated heterocycles. The fraction of sp³-hybridized carbons (Fsp3) is 0.474.